The molecule has 0 saturated heterocycles. The summed E-state index contributed by atoms with van der Waals surface area (Å²) < 4.78 is 3.21. The van der Waals surface area contributed by atoms with Gasteiger partial charge in [0, 0.05) is 12.1 Å². The molecular formula is C16H11I3N5PS. The summed E-state index contributed by atoms with van der Waals surface area (Å²) in [6.45, 7) is 0.895. The van der Waals surface area contributed by atoms with Crippen molar-refractivity contribution >= 4 is 97.3 Å². The Kier molecular flexibility index (Phi) is 6.14. The van der Waals surface area contributed by atoms with Crippen LogP contribution in [0, 0.1) is 14.7 Å². The average Bonchev–Trinajstić information content (AvgIpc) is 2.77. The molecule has 0 aromatic carbocycles. The number of fused-ring (bicyclic) bond motifs is 5. The van der Waals surface area contributed by atoms with Gasteiger partial charge in [0.05, 0.1) is 22.8 Å². The third kappa shape index (κ3) is 3.68. The molecule has 10 heteroatoms. The number of halogens is 3. The Bertz CT molecular complexity index is 1070. The molecule has 2 N–H and O–H groups in total. The first-order valence-corrected chi connectivity index (χ1v) is 17.1. The number of nitrogen functional groups attached to an aromatic ring is 1. The highest BCUT2D eigenvalue weighted by molar-refractivity contribution is 14.3. The van der Waals surface area contributed by atoms with Crippen LogP contribution in [0.15, 0.2) is 18.5 Å². The third-order valence-corrected chi connectivity index (χ3v) is 9.74. The zero-order chi connectivity index (χ0) is 18.3. The lowest BCUT2D eigenvalue weighted by Crippen LogP contribution is -2.00. The Hall–Kier alpha value is 0.100. The van der Waals surface area contributed by atoms with Crippen molar-refractivity contribution in [2.24, 2.45) is 0 Å². The molecule has 5 nitrogen and oxygen atoms in total. The molecule has 1 aliphatic rings. The van der Waals surface area contributed by atoms with Crippen LogP contribution >= 0.6 is 80.5 Å². The Labute approximate surface area is 195 Å². The maximum absolute atomic E-state index is 6.13. The summed E-state index contributed by atoms with van der Waals surface area (Å²) in [7, 11) is 0. The van der Waals surface area contributed by atoms with Crippen LogP contribution in [0.25, 0.3) is 22.3 Å². The van der Waals surface area contributed by atoms with Crippen molar-refractivity contribution in [3.63, 3.8) is 0 Å². The molecule has 4 heterocycles. The van der Waals surface area contributed by atoms with Crippen LogP contribution in [-0.2, 0) is 13.0 Å². The first-order chi connectivity index (χ1) is 12.6. The molecule has 4 rings (SSSR count). The highest BCUT2D eigenvalue weighted by Gasteiger charge is 2.24. The molecule has 26 heavy (non-hydrogen) atoms. The zero-order valence-corrected chi connectivity index (χ0v) is 21.4. The molecule has 0 radical (unpaired) electrons. The van der Waals surface area contributed by atoms with Crippen LogP contribution in [0.1, 0.15) is 17.8 Å². The van der Waals surface area contributed by atoms with Crippen LogP contribution in [0.5, 0.6) is 0 Å². The van der Waals surface area contributed by atoms with Gasteiger partial charge in [-0.1, -0.05) is 0 Å². The lowest BCUT2D eigenvalue weighted by atomic mass is 10.1. The van der Waals surface area contributed by atoms with E-state index < -0.39 is 0 Å². The number of hydrogen-bond acceptors (Lipinski definition) is 5. The summed E-state index contributed by atoms with van der Waals surface area (Å²) >= 11 is 8.83. The van der Waals surface area contributed by atoms with Gasteiger partial charge in [0.2, 0.25) is 0 Å². The Balaban J connectivity index is 1.86. The fourth-order valence-corrected chi connectivity index (χ4v) is 6.56. The SMILES string of the molecule is Nc1ncnc2c1c(I)c1n2CCCc2nc(C#CSP(I)I)ccc2-1. The quantitative estimate of drug-likeness (QED) is 0.197. The molecular weight excluding hydrogens is 706 g/mol. The van der Waals surface area contributed by atoms with Crippen molar-refractivity contribution in [2.45, 2.75) is 19.4 Å². The highest BCUT2D eigenvalue weighted by Crippen LogP contribution is 2.64. The number of nitrogens with zero attached hydrogens (tertiary/aromatic N) is 4. The highest BCUT2D eigenvalue weighted by atomic mass is 127. The Morgan fingerprint density at radius 2 is 2.12 bits per heavy atom. The first-order valence-electron chi connectivity index (χ1n) is 7.64. The number of rotatable bonds is 1. The van der Waals surface area contributed by atoms with Crippen LogP contribution in [0.4, 0.5) is 5.82 Å². The summed E-state index contributed by atoms with van der Waals surface area (Å²) in [6.07, 6.45) is 3.48. The molecule has 3 aromatic rings. The van der Waals surface area contributed by atoms with Crippen LogP contribution in [0.3, 0.4) is 0 Å². The second kappa shape index (κ2) is 8.23. The number of anilines is 1. The van der Waals surface area contributed by atoms with Crippen LogP contribution < -0.4 is 5.73 Å². The van der Waals surface area contributed by atoms with Crippen molar-refractivity contribution < 1.29 is 0 Å². The van der Waals surface area contributed by atoms with E-state index in [2.05, 4.69) is 98.4 Å². The largest absolute Gasteiger partial charge is 0.383 e. The van der Waals surface area contributed by atoms with Gasteiger partial charge in [-0.3, -0.25) is 0 Å². The monoisotopic (exact) mass is 717 g/mol. The topological polar surface area (TPSA) is 69.6 Å². The lowest BCUT2D eigenvalue weighted by molar-refractivity contribution is 0.670. The average molecular weight is 717 g/mol. The van der Waals surface area contributed by atoms with Gasteiger partial charge in [-0.2, -0.15) is 0 Å². The van der Waals surface area contributed by atoms with E-state index in [0.717, 1.165) is 56.6 Å². The fourth-order valence-electron chi connectivity index (χ4n) is 3.12. The standard InChI is InChI=1S/C16H11I3N5PS/c17-13-12-15(20)21-8-22-16(12)24-6-1-2-11-10(14(13)24)4-3-9(23-11)5-7-26-25(18)19/h3-4,8H,1-2,6H2,(H2,20,21,22). The van der Waals surface area contributed by atoms with Crippen molar-refractivity contribution in [1.82, 2.24) is 19.5 Å². The van der Waals surface area contributed by atoms with Crippen molar-refractivity contribution in [3.8, 4) is 22.4 Å². The maximum Gasteiger partial charge on any atom is 0.147 e. The van der Waals surface area contributed by atoms with Gasteiger partial charge in [0.15, 0.2) is 0 Å². The van der Waals surface area contributed by atoms with Gasteiger partial charge in [-0.05, 0) is 114 Å². The lowest BCUT2D eigenvalue weighted by Gasteiger charge is -2.08. The fraction of sp³-hybridized carbons (Fsp3) is 0.188. The predicted molar refractivity (Wildman–Crippen MR) is 136 cm³/mol. The van der Waals surface area contributed by atoms with E-state index in [4.69, 9.17) is 10.7 Å². The first kappa shape index (κ1) is 19.4. The summed E-state index contributed by atoms with van der Waals surface area (Å²) in [6, 6.07) is 4.14. The molecule has 0 aliphatic carbocycles. The minimum Gasteiger partial charge on any atom is -0.383 e. The summed E-state index contributed by atoms with van der Waals surface area (Å²) in [5.74, 6) is 3.71. The van der Waals surface area contributed by atoms with E-state index in [9.17, 15) is 0 Å². The summed E-state index contributed by atoms with van der Waals surface area (Å²) in [4.78, 5) is 13.5. The van der Waals surface area contributed by atoms with Crippen molar-refractivity contribution in [1.29, 1.82) is 0 Å². The van der Waals surface area contributed by atoms with Gasteiger partial charge in [0.25, 0.3) is 0 Å². The van der Waals surface area contributed by atoms with Gasteiger partial charge < -0.3 is 10.3 Å². The molecule has 0 fully saturated rings. The van der Waals surface area contributed by atoms with Gasteiger partial charge in [-0.25, -0.2) is 15.0 Å². The maximum atomic E-state index is 6.13. The molecule has 0 amide bonds. The zero-order valence-electron chi connectivity index (χ0n) is 13.2. The second-order valence-corrected chi connectivity index (χ2v) is 24.4. The van der Waals surface area contributed by atoms with E-state index in [1.165, 1.54) is 6.33 Å². The third-order valence-electron chi connectivity index (χ3n) is 4.13. The number of aromatic nitrogens is 4. The molecule has 0 atom stereocenters. The van der Waals surface area contributed by atoms with E-state index in [1.54, 1.807) is 11.4 Å². The van der Waals surface area contributed by atoms with E-state index in [1.807, 2.05) is 6.07 Å². The smallest absolute Gasteiger partial charge is 0.147 e. The second-order valence-electron chi connectivity index (χ2n) is 5.59. The van der Waals surface area contributed by atoms with Gasteiger partial charge in [-0.15, -0.1) is 0 Å². The minimum absolute atomic E-state index is 0.138. The normalized spacial score (nSPS) is 13.1. The predicted octanol–water partition coefficient (Wildman–Crippen LogP) is 5.77. The van der Waals surface area contributed by atoms with E-state index in [0.29, 0.717) is 5.82 Å². The molecule has 3 aromatic heterocycles. The molecule has 1 aliphatic heterocycles. The van der Waals surface area contributed by atoms with Gasteiger partial charge >= 0.3 is 0 Å². The Morgan fingerprint density at radius 1 is 1.27 bits per heavy atom. The van der Waals surface area contributed by atoms with Crippen LogP contribution in [0.2, 0.25) is 0 Å². The van der Waals surface area contributed by atoms with E-state index in [-0.39, 0.29) is 2.41 Å². The van der Waals surface area contributed by atoms with Gasteiger partial charge in [0.1, 0.15) is 23.5 Å². The Morgan fingerprint density at radius 3 is 2.92 bits per heavy atom. The van der Waals surface area contributed by atoms with Crippen LogP contribution in [-0.4, -0.2) is 19.5 Å². The molecule has 0 bridgehead atoms. The molecule has 0 saturated carbocycles. The minimum atomic E-state index is -0.138. The number of hydrogen-bond donors (Lipinski definition) is 1. The molecule has 132 valence electrons. The summed E-state index contributed by atoms with van der Waals surface area (Å²) in [5.41, 5.74) is 11.2. The number of nitrogens with two attached hydrogens (primary N) is 1. The molecule has 0 spiro atoms. The summed E-state index contributed by atoms with van der Waals surface area (Å²) in [5, 5.41) is 4.10. The number of aryl methyl sites for hydroxylation is 2. The van der Waals surface area contributed by atoms with Crippen molar-refractivity contribution in [3.05, 3.63) is 33.4 Å². The number of pyridine rings is 1. The molecule has 0 unspecified atom stereocenters. The van der Waals surface area contributed by atoms with E-state index >= 15 is 0 Å². The van der Waals surface area contributed by atoms with Crippen molar-refractivity contribution in [2.75, 3.05) is 5.73 Å².